The van der Waals surface area contributed by atoms with Crippen molar-refractivity contribution >= 4 is 17.7 Å². The topological polar surface area (TPSA) is 102 Å². The molecule has 1 aromatic rings. The Bertz CT molecular complexity index is 1280. The molecule has 2 unspecified atom stereocenters. The number of carbonyl (C=O) groups excluding carboxylic acids is 3. The van der Waals surface area contributed by atoms with Crippen molar-refractivity contribution in [2.75, 3.05) is 6.61 Å². The number of hydrogen-bond donors (Lipinski definition) is 1. The van der Waals surface area contributed by atoms with Gasteiger partial charge in [0.15, 0.2) is 6.61 Å². The summed E-state index contributed by atoms with van der Waals surface area (Å²) in [6, 6.07) is 8.91. The van der Waals surface area contributed by atoms with E-state index in [2.05, 4.69) is 19.1 Å². The lowest BCUT2D eigenvalue weighted by Gasteiger charge is -2.54. The van der Waals surface area contributed by atoms with E-state index in [9.17, 15) is 19.5 Å². The summed E-state index contributed by atoms with van der Waals surface area (Å²) in [5.74, 6) is -0.645. The quantitative estimate of drug-likeness (QED) is 0.476. The number of allylic oxidation sites excluding steroid dienone is 3. The van der Waals surface area contributed by atoms with E-state index in [-0.39, 0.29) is 17.9 Å². The number of rotatable bonds is 5. The number of ketones is 1. The van der Waals surface area contributed by atoms with Crippen molar-refractivity contribution in [3.63, 3.8) is 0 Å². The molecular formula is C30H32O7. The van der Waals surface area contributed by atoms with Crippen LogP contribution in [0.2, 0.25) is 0 Å². The maximum atomic E-state index is 13.1. The third-order valence-corrected chi connectivity index (χ3v) is 9.95. The van der Waals surface area contributed by atoms with Gasteiger partial charge < -0.3 is 19.3 Å². The van der Waals surface area contributed by atoms with Gasteiger partial charge in [0.25, 0.3) is 0 Å². The van der Waals surface area contributed by atoms with E-state index in [4.69, 9.17) is 14.2 Å². The predicted octanol–water partition coefficient (Wildman–Crippen LogP) is 4.07. The van der Waals surface area contributed by atoms with Gasteiger partial charge in [-0.2, -0.15) is 0 Å². The predicted molar refractivity (Wildman–Crippen MR) is 133 cm³/mol. The molecule has 0 aromatic heterocycles. The Morgan fingerprint density at radius 1 is 1.14 bits per heavy atom. The van der Waals surface area contributed by atoms with Crippen LogP contribution in [0.25, 0.3) is 0 Å². The molecule has 3 fully saturated rings. The van der Waals surface area contributed by atoms with Crippen LogP contribution in [0, 0.1) is 22.7 Å². The first-order valence-electron chi connectivity index (χ1n) is 13.0. The monoisotopic (exact) mass is 504 g/mol. The Hall–Kier alpha value is -3.03. The summed E-state index contributed by atoms with van der Waals surface area (Å²) in [7, 11) is 0. The zero-order chi connectivity index (χ0) is 26.2. The highest BCUT2D eigenvalue weighted by molar-refractivity contribution is 5.91. The molecule has 194 valence electrons. The fraction of sp³-hybridized carbons (Fsp3) is 0.500. The number of fused-ring (bicyclic) bond motifs is 3. The van der Waals surface area contributed by atoms with Crippen molar-refractivity contribution in [1.29, 1.82) is 0 Å². The van der Waals surface area contributed by atoms with Crippen LogP contribution in [-0.4, -0.2) is 46.7 Å². The molecule has 1 spiro atoms. The van der Waals surface area contributed by atoms with Crippen LogP contribution in [0.3, 0.4) is 0 Å². The van der Waals surface area contributed by atoms with Gasteiger partial charge in [-0.05, 0) is 74.3 Å². The zero-order valence-corrected chi connectivity index (χ0v) is 21.4. The maximum Gasteiger partial charge on any atom is 0.343 e. The second-order valence-electron chi connectivity index (χ2n) is 11.6. The molecule has 0 radical (unpaired) electrons. The van der Waals surface area contributed by atoms with Crippen LogP contribution in [-0.2, 0) is 23.8 Å². The van der Waals surface area contributed by atoms with Gasteiger partial charge in [-0.25, -0.2) is 4.79 Å². The molecule has 7 nitrogen and oxygen atoms in total. The molecule has 6 rings (SSSR count). The van der Waals surface area contributed by atoms with Crippen molar-refractivity contribution in [2.45, 2.75) is 63.8 Å². The normalized spacial score (nSPS) is 40.7. The van der Waals surface area contributed by atoms with E-state index in [0.717, 1.165) is 12.0 Å². The fourth-order valence-electron chi connectivity index (χ4n) is 7.95. The summed E-state index contributed by atoms with van der Waals surface area (Å²) in [6.45, 7) is 5.02. The highest BCUT2D eigenvalue weighted by Crippen LogP contribution is 2.75. The first-order chi connectivity index (χ1) is 17.5. The number of Topliss-reactive ketones (excluding diaryl/α,β-unsaturated/α-hetero) is 1. The second kappa shape index (κ2) is 7.98. The lowest BCUT2D eigenvalue weighted by molar-refractivity contribution is -0.165. The average Bonchev–Trinajstić information content (AvgIpc) is 3.53. The van der Waals surface area contributed by atoms with Gasteiger partial charge in [0, 0.05) is 17.8 Å². The number of benzene rings is 1. The van der Waals surface area contributed by atoms with Crippen LogP contribution in [0.15, 0.2) is 66.0 Å². The van der Waals surface area contributed by atoms with Gasteiger partial charge in [-0.1, -0.05) is 37.3 Å². The van der Waals surface area contributed by atoms with Crippen LogP contribution in [0.5, 0.6) is 0 Å². The highest BCUT2D eigenvalue weighted by Gasteiger charge is 2.80. The first-order valence-corrected chi connectivity index (χ1v) is 13.0. The molecule has 4 aliphatic carbocycles. The van der Waals surface area contributed by atoms with Crippen LogP contribution in [0.4, 0.5) is 0 Å². The molecule has 1 aliphatic heterocycles. The van der Waals surface area contributed by atoms with E-state index in [1.807, 2.05) is 25.1 Å². The van der Waals surface area contributed by atoms with Gasteiger partial charge in [-0.3, -0.25) is 9.59 Å². The molecule has 0 amide bonds. The molecule has 7 atom stereocenters. The summed E-state index contributed by atoms with van der Waals surface area (Å²) in [5, 5.41) is 11.7. The molecule has 7 heteroatoms. The Morgan fingerprint density at radius 2 is 1.89 bits per heavy atom. The summed E-state index contributed by atoms with van der Waals surface area (Å²) in [5.41, 5.74) is -1.48. The minimum atomic E-state index is -1.54. The number of hydrogen-bond acceptors (Lipinski definition) is 7. The van der Waals surface area contributed by atoms with E-state index >= 15 is 0 Å². The summed E-state index contributed by atoms with van der Waals surface area (Å²) >= 11 is 0. The molecule has 5 aliphatic rings. The van der Waals surface area contributed by atoms with Crippen molar-refractivity contribution in [3.8, 4) is 0 Å². The zero-order valence-electron chi connectivity index (χ0n) is 21.4. The lowest BCUT2D eigenvalue weighted by Crippen LogP contribution is -2.61. The smallest absolute Gasteiger partial charge is 0.343 e. The van der Waals surface area contributed by atoms with Crippen molar-refractivity contribution in [2.24, 2.45) is 22.7 Å². The van der Waals surface area contributed by atoms with E-state index in [1.165, 1.54) is 6.92 Å². The molecule has 1 heterocycles. The summed E-state index contributed by atoms with van der Waals surface area (Å²) in [4.78, 5) is 37.0. The van der Waals surface area contributed by atoms with Gasteiger partial charge in [0.2, 0.25) is 5.78 Å². The van der Waals surface area contributed by atoms with Gasteiger partial charge in [0.05, 0.1) is 11.7 Å². The SMILES string of the molecule is CC(=O)OCC(=O)[C@@]1(O)CCC2C3CC=C4C=C(OC(=O)c5ccccc5)C=C[C@]4(C)[C@@]34O[C@@H]4C[C@@]21C. The average molecular weight is 505 g/mol. The van der Waals surface area contributed by atoms with Crippen LogP contribution < -0.4 is 0 Å². The second-order valence-corrected chi connectivity index (χ2v) is 11.6. The third kappa shape index (κ3) is 3.23. The standard InChI is InChI=1S/C30H32O7/c1-18(31)35-17-24(32)29(34)14-12-22-23-10-9-20-15-21(36-26(33)19-7-5-4-6-8-19)11-13-27(20,2)30(23)25(37-30)16-28(22,29)3/h4-9,11,13,15,22-23,25,34H,10,12,14,16-17H2,1-3H3/t22?,23?,25-,27+,28+,29+,30-/m1/s1. The van der Waals surface area contributed by atoms with Gasteiger partial charge in [-0.15, -0.1) is 0 Å². The highest BCUT2D eigenvalue weighted by atomic mass is 16.6. The molecular weight excluding hydrogens is 472 g/mol. The molecule has 1 N–H and O–H groups in total. The minimum Gasteiger partial charge on any atom is -0.458 e. The van der Waals surface area contributed by atoms with Crippen molar-refractivity contribution < 1.29 is 33.7 Å². The largest absolute Gasteiger partial charge is 0.458 e. The lowest BCUT2D eigenvalue weighted by atomic mass is 9.48. The Balaban J connectivity index is 1.27. The van der Waals surface area contributed by atoms with Crippen molar-refractivity contribution in [1.82, 2.24) is 0 Å². The Morgan fingerprint density at radius 3 is 2.62 bits per heavy atom. The number of carbonyl (C=O) groups is 3. The van der Waals surface area contributed by atoms with Crippen LogP contribution in [0.1, 0.15) is 56.8 Å². The first kappa shape index (κ1) is 24.3. The minimum absolute atomic E-state index is 0.0850. The Labute approximate surface area is 216 Å². The van der Waals surface area contributed by atoms with Gasteiger partial charge >= 0.3 is 11.9 Å². The number of aliphatic hydroxyl groups is 1. The van der Waals surface area contributed by atoms with Crippen molar-refractivity contribution in [3.05, 3.63) is 71.5 Å². The Kier molecular flexibility index (Phi) is 5.25. The molecule has 1 aromatic carbocycles. The van der Waals surface area contributed by atoms with Crippen LogP contribution >= 0.6 is 0 Å². The molecule has 1 saturated heterocycles. The van der Waals surface area contributed by atoms with E-state index < -0.39 is 46.4 Å². The number of epoxide rings is 1. The van der Waals surface area contributed by atoms with Gasteiger partial charge in [0.1, 0.15) is 17.0 Å². The molecule has 0 bridgehead atoms. The maximum absolute atomic E-state index is 13.1. The van der Waals surface area contributed by atoms with E-state index in [0.29, 0.717) is 30.6 Å². The molecule has 37 heavy (non-hydrogen) atoms. The molecule has 2 saturated carbocycles. The third-order valence-electron chi connectivity index (χ3n) is 9.95. The fourth-order valence-corrected chi connectivity index (χ4v) is 7.95. The summed E-state index contributed by atoms with van der Waals surface area (Å²) < 4.78 is 17.2. The number of ether oxygens (including phenoxy) is 3. The summed E-state index contributed by atoms with van der Waals surface area (Å²) in [6.07, 6.45) is 10.3. The van der Waals surface area contributed by atoms with E-state index in [1.54, 1.807) is 24.3 Å². The number of esters is 2.